The van der Waals surface area contributed by atoms with Crippen molar-refractivity contribution >= 4 is 24.8 Å². The Bertz CT molecular complexity index is 410. The van der Waals surface area contributed by atoms with Crippen LogP contribution >= 0.6 is 24.8 Å². The lowest BCUT2D eigenvalue weighted by Crippen LogP contribution is -2.42. The van der Waals surface area contributed by atoms with Gasteiger partial charge in [0.25, 0.3) is 0 Å². The van der Waals surface area contributed by atoms with Gasteiger partial charge in [-0.15, -0.1) is 24.8 Å². The van der Waals surface area contributed by atoms with E-state index in [1.54, 1.807) is 0 Å². The van der Waals surface area contributed by atoms with Gasteiger partial charge in [-0.25, -0.2) is 0 Å². The van der Waals surface area contributed by atoms with Crippen LogP contribution in [0.1, 0.15) is 18.4 Å². The maximum Gasteiger partial charge on any atom is 0.0477 e. The molecule has 2 heterocycles. The fourth-order valence-corrected chi connectivity index (χ4v) is 3.85. The molecule has 2 aliphatic rings. The molecule has 1 spiro atoms. The Balaban J connectivity index is 0.00000110. The van der Waals surface area contributed by atoms with E-state index in [-0.39, 0.29) is 24.8 Å². The predicted octanol–water partition coefficient (Wildman–Crippen LogP) is 2.32. The third-order valence-electron chi connectivity index (χ3n) is 4.95. The van der Waals surface area contributed by atoms with Crippen LogP contribution in [0.15, 0.2) is 30.3 Å². The van der Waals surface area contributed by atoms with Gasteiger partial charge in [0.1, 0.15) is 0 Å². The van der Waals surface area contributed by atoms with Crippen molar-refractivity contribution in [2.75, 3.05) is 32.8 Å². The normalized spacial score (nSPS) is 24.3. The number of aliphatic hydroxyl groups is 1. The predicted molar refractivity (Wildman–Crippen MR) is 91.3 cm³/mol. The van der Waals surface area contributed by atoms with E-state index in [0.29, 0.717) is 17.9 Å². The van der Waals surface area contributed by atoms with Crippen molar-refractivity contribution in [3.05, 3.63) is 35.9 Å². The first-order chi connectivity index (χ1) is 9.32. The molecular weight excluding hydrogens is 307 g/mol. The molecule has 0 aromatic heterocycles. The minimum atomic E-state index is 0. The van der Waals surface area contributed by atoms with E-state index < -0.39 is 0 Å². The highest BCUT2D eigenvalue weighted by atomic mass is 35.5. The van der Waals surface area contributed by atoms with Gasteiger partial charge in [0.2, 0.25) is 0 Å². The molecule has 0 amide bonds. The lowest BCUT2D eigenvalue weighted by Gasteiger charge is -2.38. The summed E-state index contributed by atoms with van der Waals surface area (Å²) < 4.78 is 0. The topological polar surface area (TPSA) is 35.5 Å². The zero-order chi connectivity index (χ0) is 13.1. The van der Waals surface area contributed by atoms with E-state index in [4.69, 9.17) is 0 Å². The summed E-state index contributed by atoms with van der Waals surface area (Å²) in [5.74, 6) is 0.457. The highest BCUT2D eigenvalue weighted by Gasteiger charge is 2.46. The van der Waals surface area contributed by atoms with Crippen molar-refractivity contribution in [2.45, 2.75) is 19.4 Å². The molecular formula is C16H26Cl2N2O. The Morgan fingerprint density at radius 2 is 1.81 bits per heavy atom. The van der Waals surface area contributed by atoms with Crippen LogP contribution in [0.3, 0.4) is 0 Å². The second kappa shape index (κ2) is 8.35. The van der Waals surface area contributed by atoms with E-state index in [0.717, 1.165) is 32.7 Å². The Morgan fingerprint density at radius 3 is 2.43 bits per heavy atom. The minimum absolute atomic E-state index is 0. The summed E-state index contributed by atoms with van der Waals surface area (Å²) in [6.45, 7) is 5.77. The zero-order valence-electron chi connectivity index (χ0n) is 12.3. The molecule has 120 valence electrons. The lowest BCUT2D eigenvalue weighted by molar-refractivity contribution is 0.0984. The summed E-state index contributed by atoms with van der Waals surface area (Å²) in [5.41, 5.74) is 1.74. The van der Waals surface area contributed by atoms with Crippen LogP contribution in [0.5, 0.6) is 0 Å². The smallest absolute Gasteiger partial charge is 0.0477 e. The number of hydrogen-bond donors (Lipinski definition) is 2. The number of hydrogen-bond acceptors (Lipinski definition) is 3. The summed E-state index contributed by atoms with van der Waals surface area (Å²) in [7, 11) is 0. The molecule has 1 aromatic rings. The Hall–Kier alpha value is -0.320. The summed E-state index contributed by atoms with van der Waals surface area (Å²) in [5, 5.41) is 13.2. The van der Waals surface area contributed by atoms with Gasteiger partial charge in [-0.05, 0) is 36.9 Å². The molecule has 2 fully saturated rings. The van der Waals surface area contributed by atoms with Crippen molar-refractivity contribution < 1.29 is 5.11 Å². The Labute approximate surface area is 139 Å². The van der Waals surface area contributed by atoms with Crippen molar-refractivity contribution in [2.24, 2.45) is 11.3 Å². The number of nitrogens with zero attached hydrogens (tertiary/aromatic N) is 1. The van der Waals surface area contributed by atoms with Gasteiger partial charge in [-0.2, -0.15) is 0 Å². The number of rotatable bonds is 3. The van der Waals surface area contributed by atoms with E-state index in [1.165, 1.54) is 18.4 Å². The van der Waals surface area contributed by atoms with Crippen molar-refractivity contribution in [3.8, 4) is 0 Å². The summed E-state index contributed by atoms with van der Waals surface area (Å²) >= 11 is 0. The lowest BCUT2D eigenvalue weighted by atomic mass is 9.71. The molecule has 21 heavy (non-hydrogen) atoms. The molecule has 0 radical (unpaired) electrons. The van der Waals surface area contributed by atoms with Crippen molar-refractivity contribution in [3.63, 3.8) is 0 Å². The quantitative estimate of drug-likeness (QED) is 0.891. The molecule has 5 heteroatoms. The first-order valence-electron chi connectivity index (χ1n) is 7.40. The molecule has 0 saturated carbocycles. The Kier molecular flexibility index (Phi) is 7.45. The van der Waals surface area contributed by atoms with Crippen LogP contribution in [0, 0.1) is 11.3 Å². The highest BCUT2D eigenvalue weighted by molar-refractivity contribution is 5.85. The molecule has 2 aliphatic heterocycles. The zero-order valence-corrected chi connectivity index (χ0v) is 14.0. The fourth-order valence-electron chi connectivity index (χ4n) is 3.85. The summed E-state index contributed by atoms with van der Waals surface area (Å²) in [4.78, 5) is 2.53. The van der Waals surface area contributed by atoms with Gasteiger partial charge in [0, 0.05) is 32.2 Å². The van der Waals surface area contributed by atoms with E-state index in [1.807, 2.05) is 0 Å². The first kappa shape index (κ1) is 18.7. The van der Waals surface area contributed by atoms with Gasteiger partial charge in [0.05, 0.1) is 0 Å². The second-order valence-electron chi connectivity index (χ2n) is 6.15. The van der Waals surface area contributed by atoms with Crippen LogP contribution < -0.4 is 5.32 Å². The molecule has 0 aliphatic carbocycles. The largest absolute Gasteiger partial charge is 0.396 e. The average molecular weight is 333 g/mol. The first-order valence-corrected chi connectivity index (χ1v) is 7.40. The third-order valence-corrected chi connectivity index (χ3v) is 4.95. The molecule has 2 saturated heterocycles. The number of aliphatic hydroxyl groups excluding tert-OH is 1. The number of halogens is 2. The van der Waals surface area contributed by atoms with Crippen LogP contribution in [0.25, 0.3) is 0 Å². The van der Waals surface area contributed by atoms with Gasteiger partial charge >= 0.3 is 0 Å². The summed E-state index contributed by atoms with van der Waals surface area (Å²) in [6.07, 6.45) is 2.42. The van der Waals surface area contributed by atoms with Crippen LogP contribution in [0.2, 0.25) is 0 Å². The number of benzene rings is 1. The van der Waals surface area contributed by atoms with Gasteiger partial charge in [-0.3, -0.25) is 4.90 Å². The standard InChI is InChI=1S/C16H24N2O.2ClH/c19-12-15-11-18(10-14-4-2-1-3-5-14)13-16(15)6-8-17-9-7-16;;/h1-5,15,17,19H,6-13H2;2*1H. The molecule has 1 aromatic carbocycles. The van der Waals surface area contributed by atoms with Crippen LogP contribution in [-0.4, -0.2) is 42.8 Å². The van der Waals surface area contributed by atoms with Crippen LogP contribution in [-0.2, 0) is 6.54 Å². The average Bonchev–Trinajstić information content (AvgIpc) is 2.78. The fraction of sp³-hybridized carbons (Fsp3) is 0.625. The third kappa shape index (κ3) is 4.11. The van der Waals surface area contributed by atoms with E-state index in [2.05, 4.69) is 40.5 Å². The molecule has 0 bridgehead atoms. The second-order valence-corrected chi connectivity index (χ2v) is 6.15. The molecule has 1 atom stereocenters. The maximum absolute atomic E-state index is 9.72. The van der Waals surface area contributed by atoms with E-state index in [9.17, 15) is 5.11 Å². The number of nitrogens with one attached hydrogen (secondary N) is 1. The Morgan fingerprint density at radius 1 is 1.14 bits per heavy atom. The maximum atomic E-state index is 9.72. The molecule has 3 nitrogen and oxygen atoms in total. The van der Waals surface area contributed by atoms with Crippen LogP contribution in [0.4, 0.5) is 0 Å². The van der Waals surface area contributed by atoms with Crippen molar-refractivity contribution in [1.82, 2.24) is 10.2 Å². The molecule has 2 N–H and O–H groups in total. The SMILES string of the molecule is Cl.Cl.OCC1CN(Cc2ccccc2)CC12CCNCC2. The molecule has 3 rings (SSSR count). The number of piperidine rings is 1. The van der Waals surface area contributed by atoms with Gasteiger partial charge in [-0.1, -0.05) is 30.3 Å². The van der Waals surface area contributed by atoms with Crippen molar-refractivity contribution in [1.29, 1.82) is 0 Å². The monoisotopic (exact) mass is 332 g/mol. The number of likely N-dealkylation sites (tertiary alicyclic amines) is 1. The summed E-state index contributed by atoms with van der Waals surface area (Å²) in [6, 6.07) is 10.7. The highest BCUT2D eigenvalue weighted by Crippen LogP contribution is 2.43. The molecule has 1 unspecified atom stereocenters. The van der Waals surface area contributed by atoms with E-state index >= 15 is 0 Å². The van der Waals surface area contributed by atoms with Gasteiger partial charge in [0.15, 0.2) is 0 Å². The minimum Gasteiger partial charge on any atom is -0.396 e. The van der Waals surface area contributed by atoms with Gasteiger partial charge < -0.3 is 10.4 Å².